The van der Waals surface area contributed by atoms with Crippen molar-refractivity contribution in [1.82, 2.24) is 9.80 Å². The van der Waals surface area contributed by atoms with Gasteiger partial charge in [-0.3, -0.25) is 19.0 Å². The molecule has 260 valence electrons. The third-order valence-electron chi connectivity index (χ3n) is 8.39. The summed E-state index contributed by atoms with van der Waals surface area (Å²) in [5.74, 6) is -0.694. The largest absolute Gasteiger partial charge is 0.465 e. The Hall–Kier alpha value is -5.34. The van der Waals surface area contributed by atoms with Gasteiger partial charge in [-0.05, 0) is 61.1 Å². The van der Waals surface area contributed by atoms with E-state index in [1.165, 1.54) is 19.2 Å². The lowest BCUT2D eigenvalue weighted by Crippen LogP contribution is -2.48. The van der Waals surface area contributed by atoms with Gasteiger partial charge in [0, 0.05) is 50.2 Å². The van der Waals surface area contributed by atoms with Gasteiger partial charge in [0.25, 0.3) is 16.0 Å². The van der Waals surface area contributed by atoms with E-state index in [0.29, 0.717) is 34.6 Å². The molecule has 50 heavy (non-hydrogen) atoms. The highest BCUT2D eigenvalue weighted by Crippen LogP contribution is 2.38. The van der Waals surface area contributed by atoms with Gasteiger partial charge in [-0.2, -0.15) is 8.42 Å². The molecule has 1 fully saturated rings. The second-order valence-electron chi connectivity index (χ2n) is 11.8. The Balaban J connectivity index is 0.000000418. The number of likely N-dealkylation sites (N-methyl/N-ethyl adjacent to an activating group) is 2. The fourth-order valence-electron chi connectivity index (χ4n) is 5.50. The van der Waals surface area contributed by atoms with Crippen LogP contribution >= 0.6 is 0 Å². The first-order valence-electron chi connectivity index (χ1n) is 15.9. The third kappa shape index (κ3) is 8.81. The topological polar surface area (TPSA) is 149 Å². The highest BCUT2D eigenvalue weighted by Gasteiger charge is 2.29. The molecule has 0 radical (unpaired) electrons. The number of nitrogens with one attached hydrogen (secondary N) is 2. The number of ether oxygens (including phenoxy) is 1. The summed E-state index contributed by atoms with van der Waals surface area (Å²) in [6, 6.07) is 29.6. The molecule has 1 saturated heterocycles. The number of methoxy groups -OCH3 is 1. The molecule has 0 unspecified atom stereocenters. The number of anilines is 3. The summed E-state index contributed by atoms with van der Waals surface area (Å²) in [4.78, 5) is 44.2. The van der Waals surface area contributed by atoms with Crippen molar-refractivity contribution in [3.05, 3.63) is 120 Å². The quantitative estimate of drug-likeness (QED) is 0.136. The van der Waals surface area contributed by atoms with Crippen molar-refractivity contribution in [2.75, 3.05) is 69.5 Å². The number of nitrogens with zero attached hydrogens (tertiary/aromatic N) is 3. The van der Waals surface area contributed by atoms with Crippen molar-refractivity contribution in [3.8, 4) is 0 Å². The first kappa shape index (κ1) is 36.0. The molecular weight excluding hydrogens is 659 g/mol. The summed E-state index contributed by atoms with van der Waals surface area (Å²) in [5.41, 5.74) is 5.10. The number of benzene rings is 4. The standard InChI is InChI=1S/C31H33N5O4.C6H6O3S/c1-34-15-17-36(18-16-34)20-27(37)35(2)24-12-10-23(11-13-24)32-29(21-7-5-4-6-8-21)28-25-14-9-22(31(39)40-3)19-26(25)33-30(28)38;7-10(8,9)6-4-2-1-3-5-6/h4-14,19,32H,15-18,20H2,1-3H3,(H,33,38);1-5H,(H,7,8,9). The molecule has 2 amide bonds. The Morgan fingerprint density at radius 2 is 1.50 bits per heavy atom. The molecule has 2 aliphatic heterocycles. The molecule has 0 aromatic heterocycles. The van der Waals surface area contributed by atoms with Crippen molar-refractivity contribution in [1.29, 1.82) is 0 Å². The average Bonchev–Trinajstić information content (AvgIpc) is 3.46. The van der Waals surface area contributed by atoms with Gasteiger partial charge in [-0.1, -0.05) is 54.6 Å². The Morgan fingerprint density at radius 1 is 0.880 bits per heavy atom. The second-order valence-corrected chi connectivity index (χ2v) is 13.2. The zero-order chi connectivity index (χ0) is 35.8. The Labute approximate surface area is 291 Å². The molecule has 3 N–H and O–H groups in total. The van der Waals surface area contributed by atoms with E-state index in [1.54, 1.807) is 48.3 Å². The van der Waals surface area contributed by atoms with E-state index in [2.05, 4.69) is 27.5 Å². The van der Waals surface area contributed by atoms with Gasteiger partial charge in [0.05, 0.1) is 41.1 Å². The van der Waals surface area contributed by atoms with Gasteiger partial charge in [-0.25, -0.2) is 4.79 Å². The van der Waals surface area contributed by atoms with Crippen molar-refractivity contribution in [2.24, 2.45) is 0 Å². The Kier molecular flexibility index (Phi) is 11.4. The summed E-state index contributed by atoms with van der Waals surface area (Å²) in [6.07, 6.45) is 0. The molecule has 0 spiro atoms. The van der Waals surface area contributed by atoms with Crippen LogP contribution in [-0.2, 0) is 24.4 Å². The molecule has 4 aromatic carbocycles. The summed E-state index contributed by atoms with van der Waals surface area (Å²) in [5, 5.41) is 6.31. The zero-order valence-corrected chi connectivity index (χ0v) is 28.8. The fourth-order valence-corrected chi connectivity index (χ4v) is 6.00. The van der Waals surface area contributed by atoms with Crippen molar-refractivity contribution in [3.63, 3.8) is 0 Å². The van der Waals surface area contributed by atoms with E-state index in [1.807, 2.05) is 54.6 Å². The van der Waals surface area contributed by atoms with Crippen LogP contribution in [0.2, 0.25) is 0 Å². The number of fused-ring (bicyclic) bond motifs is 1. The van der Waals surface area contributed by atoms with Gasteiger partial charge in [0.1, 0.15) is 0 Å². The van der Waals surface area contributed by atoms with E-state index in [4.69, 9.17) is 9.29 Å². The number of carbonyl (C=O) groups is 3. The van der Waals surface area contributed by atoms with Crippen LogP contribution in [0.15, 0.2) is 108 Å². The molecule has 2 aliphatic rings. The van der Waals surface area contributed by atoms with Crippen molar-refractivity contribution in [2.45, 2.75) is 4.90 Å². The molecule has 0 aliphatic carbocycles. The van der Waals surface area contributed by atoms with Crippen LogP contribution in [0.5, 0.6) is 0 Å². The van der Waals surface area contributed by atoms with Gasteiger partial charge < -0.3 is 25.2 Å². The summed E-state index contributed by atoms with van der Waals surface area (Å²) >= 11 is 0. The number of hydrogen-bond acceptors (Lipinski definition) is 9. The SMILES string of the molecule is COC(=O)c1ccc2c(c1)NC(=O)C2=C(Nc1ccc(N(C)C(=O)CN2CCN(C)CC2)cc1)c1ccccc1.O=S(=O)(O)c1ccccc1. The number of piperazine rings is 1. The minimum absolute atomic E-state index is 0.0444. The zero-order valence-electron chi connectivity index (χ0n) is 28.0. The lowest BCUT2D eigenvalue weighted by atomic mass is 9.99. The smallest absolute Gasteiger partial charge is 0.337 e. The molecule has 0 atom stereocenters. The van der Waals surface area contributed by atoms with E-state index in [-0.39, 0.29) is 16.7 Å². The van der Waals surface area contributed by atoms with Crippen LogP contribution < -0.4 is 15.5 Å². The molecule has 6 rings (SSSR count). The number of amides is 2. The van der Waals surface area contributed by atoms with E-state index in [9.17, 15) is 22.8 Å². The van der Waals surface area contributed by atoms with Crippen LogP contribution in [0.25, 0.3) is 11.3 Å². The molecule has 0 bridgehead atoms. The third-order valence-corrected chi connectivity index (χ3v) is 9.26. The summed E-state index contributed by atoms with van der Waals surface area (Å²) in [6.45, 7) is 4.09. The minimum atomic E-state index is -4.00. The average molecular weight is 698 g/mol. The molecule has 13 heteroatoms. The Morgan fingerprint density at radius 3 is 2.08 bits per heavy atom. The minimum Gasteiger partial charge on any atom is -0.465 e. The molecular formula is C37H39N5O7S. The van der Waals surface area contributed by atoms with Crippen molar-refractivity contribution < 1.29 is 32.1 Å². The van der Waals surface area contributed by atoms with Crippen LogP contribution in [0.3, 0.4) is 0 Å². The second kappa shape index (κ2) is 15.9. The van der Waals surface area contributed by atoms with Crippen molar-refractivity contribution >= 4 is 56.2 Å². The number of esters is 1. The summed E-state index contributed by atoms with van der Waals surface area (Å²) in [7, 11) is 1.21. The first-order chi connectivity index (χ1) is 23.9. The molecule has 2 heterocycles. The first-order valence-corrected chi connectivity index (χ1v) is 17.3. The lowest BCUT2D eigenvalue weighted by Gasteiger charge is -2.32. The maximum atomic E-state index is 13.2. The molecule has 0 saturated carbocycles. The van der Waals surface area contributed by atoms with Crippen LogP contribution in [0.4, 0.5) is 17.1 Å². The fraction of sp³-hybridized carbons (Fsp3) is 0.216. The van der Waals surface area contributed by atoms with E-state index >= 15 is 0 Å². The van der Waals surface area contributed by atoms with E-state index < -0.39 is 16.1 Å². The number of carbonyl (C=O) groups excluding carboxylic acids is 3. The maximum absolute atomic E-state index is 13.2. The monoisotopic (exact) mass is 697 g/mol. The normalized spacial score (nSPS) is 15.6. The highest BCUT2D eigenvalue weighted by atomic mass is 32.2. The number of rotatable bonds is 8. The van der Waals surface area contributed by atoms with Gasteiger partial charge in [0.15, 0.2) is 0 Å². The van der Waals surface area contributed by atoms with Crippen LogP contribution in [0, 0.1) is 0 Å². The van der Waals surface area contributed by atoms with Gasteiger partial charge in [-0.15, -0.1) is 0 Å². The van der Waals surface area contributed by atoms with Gasteiger partial charge in [0.2, 0.25) is 5.91 Å². The molecule has 4 aromatic rings. The lowest BCUT2D eigenvalue weighted by molar-refractivity contribution is -0.119. The number of hydrogen-bond donors (Lipinski definition) is 3. The van der Waals surface area contributed by atoms with Crippen LogP contribution in [0.1, 0.15) is 21.5 Å². The Bertz CT molecular complexity index is 1980. The summed E-state index contributed by atoms with van der Waals surface area (Å²) < 4.78 is 34.1. The predicted molar refractivity (Wildman–Crippen MR) is 193 cm³/mol. The van der Waals surface area contributed by atoms with Gasteiger partial charge >= 0.3 is 5.97 Å². The predicted octanol–water partition coefficient (Wildman–Crippen LogP) is 4.55. The van der Waals surface area contributed by atoms with Crippen LogP contribution in [-0.4, -0.2) is 94.5 Å². The molecule has 12 nitrogen and oxygen atoms in total. The van der Waals surface area contributed by atoms with E-state index in [0.717, 1.165) is 43.1 Å². The highest BCUT2D eigenvalue weighted by molar-refractivity contribution is 7.85. The maximum Gasteiger partial charge on any atom is 0.337 e.